The van der Waals surface area contributed by atoms with Crippen LogP contribution in [-0.4, -0.2) is 39.3 Å². The molecule has 0 saturated heterocycles. The maximum atomic E-state index is 4.36. The molecule has 0 atom stereocenters. The number of aromatic nitrogens is 4. The molecule has 0 spiro atoms. The summed E-state index contributed by atoms with van der Waals surface area (Å²) in [5, 5.41) is 16.4. The van der Waals surface area contributed by atoms with Crippen molar-refractivity contribution in [3.05, 3.63) is 27.7 Å². The van der Waals surface area contributed by atoms with Crippen molar-refractivity contribution in [3.8, 4) is 0 Å². The van der Waals surface area contributed by atoms with Crippen LogP contribution in [0.15, 0.2) is 11.2 Å². The number of nitrogens with zero attached hydrogens (tertiary/aromatic N) is 5. The molecule has 3 rings (SSSR count). The Kier molecular flexibility index (Phi) is 8.07. The number of nitrogens with one attached hydrogen (secondary N) is 2. The predicted molar refractivity (Wildman–Crippen MR) is 112 cm³/mol. The third kappa shape index (κ3) is 5.63. The molecule has 2 aromatic heterocycles. The summed E-state index contributed by atoms with van der Waals surface area (Å²) in [6.45, 7) is 4.59. The van der Waals surface area contributed by atoms with Gasteiger partial charge in [0, 0.05) is 44.1 Å². The van der Waals surface area contributed by atoms with E-state index in [0.29, 0.717) is 6.54 Å². The Labute approximate surface area is 169 Å². The molecule has 0 saturated carbocycles. The number of halogens is 1. The highest BCUT2D eigenvalue weighted by Crippen LogP contribution is 2.14. The number of fused-ring (bicyclic) bond motifs is 1. The van der Waals surface area contributed by atoms with Crippen LogP contribution >= 0.6 is 35.3 Å². The second-order valence-corrected chi connectivity index (χ2v) is 7.28. The summed E-state index contributed by atoms with van der Waals surface area (Å²) >= 11 is 1.70. The number of rotatable bonds is 5. The molecule has 1 aliphatic heterocycles. The van der Waals surface area contributed by atoms with Crippen molar-refractivity contribution in [2.24, 2.45) is 4.99 Å². The van der Waals surface area contributed by atoms with Gasteiger partial charge >= 0.3 is 0 Å². The van der Waals surface area contributed by atoms with Crippen molar-refractivity contribution in [2.45, 2.75) is 52.1 Å². The number of hydrogen-bond acceptors (Lipinski definition) is 5. The largest absolute Gasteiger partial charge is 0.356 e. The lowest BCUT2D eigenvalue weighted by Crippen LogP contribution is -2.38. The topological polar surface area (TPSA) is 80.0 Å². The maximum absolute atomic E-state index is 4.36. The Hall–Kier alpha value is -1.23. The van der Waals surface area contributed by atoms with Gasteiger partial charge in [-0.2, -0.15) is 0 Å². The molecule has 3 heterocycles. The lowest BCUT2D eigenvalue weighted by atomic mass is 10.2. The van der Waals surface area contributed by atoms with E-state index in [9.17, 15) is 0 Å². The summed E-state index contributed by atoms with van der Waals surface area (Å²) in [4.78, 5) is 9.84. The Bertz CT molecular complexity index is 694. The van der Waals surface area contributed by atoms with Crippen LogP contribution in [0.5, 0.6) is 0 Å². The molecule has 0 bridgehead atoms. The van der Waals surface area contributed by atoms with Gasteiger partial charge in [-0.15, -0.1) is 45.5 Å². The average molecular weight is 475 g/mol. The van der Waals surface area contributed by atoms with Gasteiger partial charge < -0.3 is 15.2 Å². The SMILES string of the molecule is CN=C(NCCc1nnc2n1CCCCC2)NCc1ncc(C)s1.I. The fourth-order valence-electron chi connectivity index (χ4n) is 2.89. The van der Waals surface area contributed by atoms with Gasteiger partial charge in [0.1, 0.15) is 16.7 Å². The van der Waals surface area contributed by atoms with Gasteiger partial charge in [0.2, 0.25) is 0 Å². The van der Waals surface area contributed by atoms with E-state index in [1.54, 1.807) is 18.4 Å². The average Bonchev–Trinajstić information content (AvgIpc) is 3.09. The molecule has 0 fully saturated rings. The van der Waals surface area contributed by atoms with Gasteiger partial charge in [-0.05, 0) is 19.8 Å². The Morgan fingerprint density at radius 3 is 2.92 bits per heavy atom. The standard InChI is InChI=1S/C16H25N7S.HI/c1-12-10-19-15(24-12)11-20-16(17-2)18-8-7-14-22-21-13-6-4-3-5-9-23(13)14;/h10H,3-9,11H2,1-2H3,(H2,17,18,20);1H. The van der Waals surface area contributed by atoms with E-state index in [0.717, 1.165) is 48.5 Å². The molecule has 0 aromatic carbocycles. The van der Waals surface area contributed by atoms with Gasteiger partial charge in [-0.3, -0.25) is 4.99 Å². The van der Waals surface area contributed by atoms with Crippen molar-refractivity contribution < 1.29 is 0 Å². The summed E-state index contributed by atoms with van der Waals surface area (Å²) in [5.41, 5.74) is 0. The van der Waals surface area contributed by atoms with Crippen LogP contribution in [0.2, 0.25) is 0 Å². The zero-order chi connectivity index (χ0) is 16.8. The minimum atomic E-state index is 0. The molecule has 0 amide bonds. The molecule has 0 aliphatic carbocycles. The molecular weight excluding hydrogens is 449 g/mol. The predicted octanol–water partition coefficient (Wildman–Crippen LogP) is 2.30. The Morgan fingerprint density at radius 2 is 2.16 bits per heavy atom. The van der Waals surface area contributed by atoms with Gasteiger partial charge in [0.15, 0.2) is 5.96 Å². The molecule has 2 N–H and O–H groups in total. The number of aliphatic imine (C=N–C) groups is 1. The Balaban J connectivity index is 0.00000225. The first-order chi connectivity index (χ1) is 11.8. The fourth-order valence-corrected chi connectivity index (χ4v) is 3.61. The molecule has 138 valence electrons. The first-order valence-electron chi connectivity index (χ1n) is 8.53. The van der Waals surface area contributed by atoms with Crippen LogP contribution in [-0.2, 0) is 25.9 Å². The monoisotopic (exact) mass is 475 g/mol. The van der Waals surface area contributed by atoms with E-state index in [1.165, 1.54) is 24.1 Å². The second kappa shape index (κ2) is 10.0. The van der Waals surface area contributed by atoms with Gasteiger partial charge in [-0.1, -0.05) is 6.42 Å². The van der Waals surface area contributed by atoms with Gasteiger partial charge in [0.05, 0.1) is 6.54 Å². The van der Waals surface area contributed by atoms with E-state index in [4.69, 9.17) is 0 Å². The van der Waals surface area contributed by atoms with Crippen LogP contribution in [0.1, 0.15) is 40.8 Å². The van der Waals surface area contributed by atoms with E-state index in [2.05, 4.69) is 42.3 Å². The molecule has 0 unspecified atom stereocenters. The van der Waals surface area contributed by atoms with E-state index in [1.807, 2.05) is 6.20 Å². The number of guanidine groups is 1. The first kappa shape index (κ1) is 20.1. The number of aryl methyl sites for hydroxylation is 2. The zero-order valence-corrected chi connectivity index (χ0v) is 17.9. The van der Waals surface area contributed by atoms with Crippen molar-refractivity contribution in [2.75, 3.05) is 13.6 Å². The van der Waals surface area contributed by atoms with Crippen LogP contribution < -0.4 is 10.6 Å². The number of thiazole rings is 1. The van der Waals surface area contributed by atoms with Crippen molar-refractivity contribution >= 4 is 41.3 Å². The summed E-state index contributed by atoms with van der Waals surface area (Å²) < 4.78 is 2.29. The summed E-state index contributed by atoms with van der Waals surface area (Å²) in [6.07, 6.45) is 7.54. The lowest BCUT2D eigenvalue weighted by molar-refractivity contribution is 0.600. The number of hydrogen-bond donors (Lipinski definition) is 2. The molecule has 0 radical (unpaired) electrons. The zero-order valence-electron chi connectivity index (χ0n) is 14.8. The molecular formula is C16H26IN7S. The summed E-state index contributed by atoms with van der Waals surface area (Å²) in [5.74, 6) is 3.01. The minimum Gasteiger partial charge on any atom is -0.356 e. The molecule has 7 nitrogen and oxygen atoms in total. The van der Waals surface area contributed by atoms with Crippen LogP contribution in [0, 0.1) is 6.92 Å². The lowest BCUT2D eigenvalue weighted by Gasteiger charge is -2.11. The van der Waals surface area contributed by atoms with Gasteiger partial charge in [-0.25, -0.2) is 4.98 Å². The Morgan fingerprint density at radius 1 is 1.28 bits per heavy atom. The highest BCUT2D eigenvalue weighted by molar-refractivity contribution is 14.0. The first-order valence-corrected chi connectivity index (χ1v) is 9.34. The molecule has 2 aromatic rings. The van der Waals surface area contributed by atoms with Crippen LogP contribution in [0.4, 0.5) is 0 Å². The fraction of sp³-hybridized carbons (Fsp3) is 0.625. The minimum absolute atomic E-state index is 0. The highest BCUT2D eigenvalue weighted by atomic mass is 127. The third-order valence-electron chi connectivity index (χ3n) is 4.13. The molecule has 1 aliphatic rings. The van der Waals surface area contributed by atoms with Crippen molar-refractivity contribution in [1.29, 1.82) is 0 Å². The molecule has 9 heteroatoms. The van der Waals surface area contributed by atoms with E-state index in [-0.39, 0.29) is 24.0 Å². The van der Waals surface area contributed by atoms with E-state index < -0.39 is 0 Å². The normalized spacial score (nSPS) is 14.4. The van der Waals surface area contributed by atoms with E-state index >= 15 is 0 Å². The second-order valence-electron chi connectivity index (χ2n) is 5.96. The maximum Gasteiger partial charge on any atom is 0.191 e. The van der Waals surface area contributed by atoms with Crippen LogP contribution in [0.3, 0.4) is 0 Å². The summed E-state index contributed by atoms with van der Waals surface area (Å²) in [7, 11) is 1.78. The third-order valence-corrected chi connectivity index (χ3v) is 5.04. The highest BCUT2D eigenvalue weighted by Gasteiger charge is 2.14. The van der Waals surface area contributed by atoms with Crippen molar-refractivity contribution in [3.63, 3.8) is 0 Å². The summed E-state index contributed by atoms with van der Waals surface area (Å²) in [6, 6.07) is 0. The van der Waals surface area contributed by atoms with Gasteiger partial charge in [0.25, 0.3) is 0 Å². The van der Waals surface area contributed by atoms with Crippen LogP contribution in [0.25, 0.3) is 0 Å². The van der Waals surface area contributed by atoms with Crippen molar-refractivity contribution in [1.82, 2.24) is 30.4 Å². The quantitative estimate of drug-likeness (QED) is 0.394. The molecule has 25 heavy (non-hydrogen) atoms. The smallest absolute Gasteiger partial charge is 0.191 e.